The fourth-order valence-electron chi connectivity index (χ4n) is 2.29. The Hall–Kier alpha value is -2.37. The Balaban J connectivity index is 1.79. The van der Waals surface area contributed by atoms with Crippen LogP contribution in [0.15, 0.2) is 72.1 Å². The van der Waals surface area contributed by atoms with Crippen LogP contribution in [0.1, 0.15) is 28.1 Å². The zero-order valence-electron chi connectivity index (χ0n) is 13.5. The summed E-state index contributed by atoms with van der Waals surface area (Å²) in [5.74, 6) is -0.209. The molecule has 2 aromatic heterocycles. The van der Waals surface area contributed by atoms with Gasteiger partial charge in [0.05, 0.1) is 5.56 Å². The van der Waals surface area contributed by atoms with Crippen molar-refractivity contribution < 1.29 is 4.79 Å². The highest BCUT2D eigenvalue weighted by Crippen LogP contribution is 2.35. The maximum atomic E-state index is 12.6. The average Bonchev–Trinajstić information content (AvgIpc) is 2.63. The highest BCUT2D eigenvalue weighted by molar-refractivity contribution is 7.99. The molecule has 3 aromatic rings. The summed E-state index contributed by atoms with van der Waals surface area (Å²) in [5.41, 5.74) is 2.32. The van der Waals surface area contributed by atoms with Crippen LogP contribution in [0.2, 0.25) is 5.02 Å². The number of benzene rings is 1. The molecule has 1 unspecified atom stereocenters. The number of halogens is 1. The summed E-state index contributed by atoms with van der Waals surface area (Å²) in [4.78, 5) is 21.1. The number of nitrogens with zero attached hydrogens (tertiary/aromatic N) is 2. The minimum atomic E-state index is -0.209. The molecule has 1 N–H and O–H groups in total. The molecule has 4 nitrogen and oxygen atoms in total. The van der Waals surface area contributed by atoms with Crippen LogP contribution in [0.3, 0.4) is 0 Å². The third kappa shape index (κ3) is 4.59. The van der Waals surface area contributed by atoms with Crippen molar-refractivity contribution in [3.05, 3.63) is 83.3 Å². The molecule has 0 spiro atoms. The molecule has 6 heteroatoms. The van der Waals surface area contributed by atoms with Crippen molar-refractivity contribution in [3.8, 4) is 0 Å². The van der Waals surface area contributed by atoms with Gasteiger partial charge in [-0.05, 0) is 55.0 Å². The number of nitrogens with one attached hydrogen (secondary N) is 1. The summed E-state index contributed by atoms with van der Waals surface area (Å²) in [6.45, 7) is 2.08. The van der Waals surface area contributed by atoms with Gasteiger partial charge in [-0.25, -0.2) is 4.98 Å². The van der Waals surface area contributed by atoms with Gasteiger partial charge in [0.15, 0.2) is 0 Å². The van der Waals surface area contributed by atoms with Crippen molar-refractivity contribution in [1.29, 1.82) is 0 Å². The standard InChI is InChI=1S/C19H16ClN3OS/c1-13(14-7-10-21-11-8-14)25-19-17(6-3-9-22-19)18(24)23-16-5-2-4-15(20)12-16/h2-13H,1H3,(H,23,24). The molecule has 0 aliphatic carbocycles. The zero-order chi connectivity index (χ0) is 17.6. The molecular formula is C19H16ClN3OS. The predicted molar refractivity (Wildman–Crippen MR) is 102 cm³/mol. The molecule has 0 radical (unpaired) electrons. The van der Waals surface area contributed by atoms with Gasteiger partial charge in [-0.15, -0.1) is 0 Å². The van der Waals surface area contributed by atoms with E-state index in [1.165, 1.54) is 11.8 Å². The van der Waals surface area contributed by atoms with Crippen molar-refractivity contribution >= 4 is 35.0 Å². The van der Waals surface area contributed by atoms with Crippen LogP contribution in [-0.2, 0) is 0 Å². The van der Waals surface area contributed by atoms with Crippen molar-refractivity contribution in [2.45, 2.75) is 17.2 Å². The molecule has 1 atom stereocenters. The Morgan fingerprint density at radius 2 is 1.92 bits per heavy atom. The van der Waals surface area contributed by atoms with E-state index in [9.17, 15) is 4.79 Å². The number of hydrogen-bond donors (Lipinski definition) is 1. The van der Waals surface area contributed by atoms with Crippen LogP contribution >= 0.6 is 23.4 Å². The quantitative estimate of drug-likeness (QED) is 0.625. The van der Waals surface area contributed by atoms with E-state index in [2.05, 4.69) is 22.2 Å². The molecule has 25 heavy (non-hydrogen) atoms. The van der Waals surface area contributed by atoms with E-state index in [4.69, 9.17) is 11.6 Å². The van der Waals surface area contributed by atoms with Crippen LogP contribution < -0.4 is 5.32 Å². The van der Waals surface area contributed by atoms with E-state index in [0.29, 0.717) is 21.3 Å². The van der Waals surface area contributed by atoms with E-state index in [1.807, 2.05) is 12.1 Å². The second-order valence-electron chi connectivity index (χ2n) is 5.36. The number of hydrogen-bond acceptors (Lipinski definition) is 4. The Morgan fingerprint density at radius 1 is 1.12 bits per heavy atom. The molecule has 0 saturated carbocycles. The van der Waals surface area contributed by atoms with Gasteiger partial charge >= 0.3 is 0 Å². The van der Waals surface area contributed by atoms with E-state index >= 15 is 0 Å². The van der Waals surface area contributed by atoms with Gasteiger partial charge in [0.25, 0.3) is 5.91 Å². The number of anilines is 1. The molecular weight excluding hydrogens is 354 g/mol. The van der Waals surface area contributed by atoms with Gasteiger partial charge < -0.3 is 5.32 Å². The summed E-state index contributed by atoms with van der Waals surface area (Å²) in [7, 11) is 0. The Morgan fingerprint density at radius 3 is 2.68 bits per heavy atom. The van der Waals surface area contributed by atoms with Gasteiger partial charge in [-0.1, -0.05) is 29.4 Å². The lowest BCUT2D eigenvalue weighted by atomic mass is 10.2. The fraction of sp³-hybridized carbons (Fsp3) is 0.105. The lowest BCUT2D eigenvalue weighted by molar-refractivity contribution is 0.102. The fourth-order valence-corrected chi connectivity index (χ4v) is 3.52. The first-order valence-electron chi connectivity index (χ1n) is 7.72. The van der Waals surface area contributed by atoms with Crippen LogP contribution in [0.5, 0.6) is 0 Å². The van der Waals surface area contributed by atoms with Crippen LogP contribution in [0.25, 0.3) is 0 Å². The number of rotatable bonds is 5. The minimum absolute atomic E-state index is 0.149. The molecule has 1 amide bonds. The highest BCUT2D eigenvalue weighted by atomic mass is 35.5. The molecule has 0 aliphatic rings. The summed E-state index contributed by atoms with van der Waals surface area (Å²) < 4.78 is 0. The second-order valence-corrected chi connectivity index (χ2v) is 7.13. The molecule has 0 bridgehead atoms. The highest BCUT2D eigenvalue weighted by Gasteiger charge is 2.16. The monoisotopic (exact) mass is 369 g/mol. The predicted octanol–water partition coefficient (Wildman–Crippen LogP) is 5.24. The summed E-state index contributed by atoms with van der Waals surface area (Å²) in [6.07, 6.45) is 5.22. The molecule has 1 aromatic carbocycles. The number of carbonyl (C=O) groups is 1. The molecule has 126 valence electrons. The first kappa shape index (κ1) is 17.5. The number of aromatic nitrogens is 2. The molecule has 0 aliphatic heterocycles. The van der Waals surface area contributed by atoms with Crippen molar-refractivity contribution in [2.24, 2.45) is 0 Å². The van der Waals surface area contributed by atoms with Gasteiger partial charge in [0, 0.05) is 34.6 Å². The zero-order valence-corrected chi connectivity index (χ0v) is 15.1. The average molecular weight is 370 g/mol. The Labute approximate surface area is 155 Å². The largest absolute Gasteiger partial charge is 0.322 e. The normalized spacial score (nSPS) is 11.8. The number of amides is 1. The van der Waals surface area contributed by atoms with E-state index in [1.54, 1.807) is 55.0 Å². The third-order valence-corrected chi connectivity index (χ3v) is 4.97. The van der Waals surface area contributed by atoms with E-state index < -0.39 is 0 Å². The maximum Gasteiger partial charge on any atom is 0.258 e. The summed E-state index contributed by atoms with van der Waals surface area (Å²) in [6, 6.07) is 14.5. The molecule has 0 fully saturated rings. The SMILES string of the molecule is CC(Sc1ncccc1C(=O)Nc1cccc(Cl)c1)c1ccncc1. The smallest absolute Gasteiger partial charge is 0.258 e. The Bertz CT molecular complexity index is 873. The minimum Gasteiger partial charge on any atom is -0.322 e. The summed E-state index contributed by atoms with van der Waals surface area (Å²) >= 11 is 7.51. The molecule has 0 saturated heterocycles. The third-order valence-electron chi connectivity index (χ3n) is 3.56. The summed E-state index contributed by atoms with van der Waals surface area (Å²) in [5, 5.41) is 4.27. The Kier molecular flexibility index (Phi) is 5.68. The lowest BCUT2D eigenvalue weighted by Crippen LogP contribution is -2.13. The van der Waals surface area contributed by atoms with E-state index in [0.717, 1.165) is 5.56 Å². The van der Waals surface area contributed by atoms with Crippen LogP contribution in [-0.4, -0.2) is 15.9 Å². The second kappa shape index (κ2) is 8.14. The molecule has 2 heterocycles. The van der Waals surface area contributed by atoms with Crippen molar-refractivity contribution in [3.63, 3.8) is 0 Å². The number of carbonyl (C=O) groups excluding carboxylic acids is 1. The molecule has 3 rings (SSSR count). The van der Waals surface area contributed by atoms with Crippen molar-refractivity contribution in [1.82, 2.24) is 9.97 Å². The first-order chi connectivity index (χ1) is 12.1. The van der Waals surface area contributed by atoms with Crippen LogP contribution in [0.4, 0.5) is 5.69 Å². The van der Waals surface area contributed by atoms with Gasteiger partial charge in [0.1, 0.15) is 5.03 Å². The number of pyridine rings is 2. The van der Waals surface area contributed by atoms with Gasteiger partial charge in [-0.3, -0.25) is 9.78 Å². The van der Waals surface area contributed by atoms with Crippen molar-refractivity contribution in [2.75, 3.05) is 5.32 Å². The maximum absolute atomic E-state index is 12.6. The van der Waals surface area contributed by atoms with Gasteiger partial charge in [0.2, 0.25) is 0 Å². The van der Waals surface area contributed by atoms with E-state index in [-0.39, 0.29) is 11.2 Å². The number of thioether (sulfide) groups is 1. The first-order valence-corrected chi connectivity index (χ1v) is 8.98. The topological polar surface area (TPSA) is 54.9 Å². The van der Waals surface area contributed by atoms with Crippen LogP contribution in [0, 0.1) is 0 Å². The van der Waals surface area contributed by atoms with Gasteiger partial charge in [-0.2, -0.15) is 0 Å². The lowest BCUT2D eigenvalue weighted by Gasteiger charge is -2.13.